The molecule has 17 heteroatoms. The fourth-order valence-electron chi connectivity index (χ4n) is 9.30. The lowest BCUT2D eigenvalue weighted by atomic mass is 9.91. The Morgan fingerprint density at radius 2 is 1.54 bits per heavy atom. The molecular formula is C54H65N7O10. The van der Waals surface area contributed by atoms with E-state index in [0.29, 0.717) is 75.5 Å². The molecule has 376 valence electrons. The van der Waals surface area contributed by atoms with Crippen LogP contribution < -0.4 is 16.0 Å². The van der Waals surface area contributed by atoms with E-state index in [0.717, 1.165) is 22.3 Å². The number of rotatable bonds is 21. The Morgan fingerprint density at radius 3 is 2.25 bits per heavy atom. The van der Waals surface area contributed by atoms with Gasteiger partial charge in [0.15, 0.2) is 0 Å². The molecule has 1 aromatic heterocycles. The van der Waals surface area contributed by atoms with Gasteiger partial charge in [-0.2, -0.15) is 0 Å². The van der Waals surface area contributed by atoms with Crippen molar-refractivity contribution in [3.63, 3.8) is 0 Å². The second-order valence-corrected chi connectivity index (χ2v) is 19.6. The summed E-state index contributed by atoms with van der Waals surface area (Å²) in [6.45, 7) is 8.50. The average molecular weight is 972 g/mol. The second kappa shape index (κ2) is 24.3. The Hall–Kier alpha value is -6.82. The summed E-state index contributed by atoms with van der Waals surface area (Å²) in [5, 5.41) is 20.8. The zero-order chi connectivity index (χ0) is 50.5. The van der Waals surface area contributed by atoms with Gasteiger partial charge in [0, 0.05) is 94.4 Å². The number of hydrogen-bond acceptors (Lipinski definition) is 13. The molecule has 2 fully saturated rings. The van der Waals surface area contributed by atoms with Crippen molar-refractivity contribution in [3.05, 3.63) is 137 Å². The zero-order valence-electron chi connectivity index (χ0n) is 40.7. The van der Waals surface area contributed by atoms with Crippen molar-refractivity contribution in [2.75, 3.05) is 32.7 Å². The summed E-state index contributed by atoms with van der Waals surface area (Å²) >= 11 is 0. The lowest BCUT2D eigenvalue weighted by Gasteiger charge is -2.42. The van der Waals surface area contributed by atoms with E-state index in [9.17, 15) is 38.7 Å². The van der Waals surface area contributed by atoms with E-state index in [1.165, 1.54) is 24.3 Å². The highest BCUT2D eigenvalue weighted by Crippen LogP contribution is 2.32. The van der Waals surface area contributed by atoms with Gasteiger partial charge < -0.3 is 30.6 Å². The number of nitrogens with one attached hydrogen (secondary N) is 3. The first kappa shape index (κ1) is 52.0. The number of carbonyl (C=O) groups excluding carboxylic acids is 7. The van der Waals surface area contributed by atoms with E-state index >= 15 is 0 Å². The molecule has 4 aromatic rings. The lowest BCUT2D eigenvalue weighted by Crippen LogP contribution is -2.62. The van der Waals surface area contributed by atoms with E-state index in [4.69, 9.17) is 9.57 Å². The number of pyridine rings is 1. The maximum Gasteiger partial charge on any atom is 0.363 e. The van der Waals surface area contributed by atoms with Crippen molar-refractivity contribution >= 4 is 41.5 Å². The Labute approximate surface area is 414 Å². The molecule has 0 spiro atoms. The van der Waals surface area contributed by atoms with Gasteiger partial charge in [-0.25, -0.2) is 4.79 Å². The number of hydroxylamine groups is 2. The number of aromatic nitrogens is 1. The molecule has 0 bridgehead atoms. The third-order valence-corrected chi connectivity index (χ3v) is 12.9. The molecule has 0 radical (unpaired) electrons. The van der Waals surface area contributed by atoms with Crippen LogP contribution in [0.1, 0.15) is 115 Å². The molecule has 3 aromatic carbocycles. The van der Waals surface area contributed by atoms with Gasteiger partial charge in [0.2, 0.25) is 11.8 Å². The summed E-state index contributed by atoms with van der Waals surface area (Å²) in [7, 11) is 0. The molecule has 2 saturated heterocycles. The largest absolute Gasteiger partial charge is 0.461 e. The van der Waals surface area contributed by atoms with Crippen LogP contribution in [0.15, 0.2) is 103 Å². The van der Waals surface area contributed by atoms with Gasteiger partial charge in [0.25, 0.3) is 17.7 Å². The lowest BCUT2D eigenvalue weighted by molar-refractivity contribution is -0.172. The molecule has 7 rings (SSSR count). The third kappa shape index (κ3) is 14.9. The van der Waals surface area contributed by atoms with Crippen molar-refractivity contribution in [1.82, 2.24) is 35.8 Å². The summed E-state index contributed by atoms with van der Waals surface area (Å²) in [6.07, 6.45) is 4.57. The fourth-order valence-corrected chi connectivity index (χ4v) is 9.30. The van der Waals surface area contributed by atoms with Crippen LogP contribution in [0.3, 0.4) is 0 Å². The van der Waals surface area contributed by atoms with Crippen LogP contribution in [0.5, 0.6) is 0 Å². The molecule has 5 atom stereocenters. The van der Waals surface area contributed by atoms with Crippen LogP contribution in [0, 0.1) is 5.92 Å². The van der Waals surface area contributed by atoms with Gasteiger partial charge in [-0.1, -0.05) is 67.1 Å². The van der Waals surface area contributed by atoms with Crippen LogP contribution in [-0.2, 0) is 52.9 Å². The van der Waals surface area contributed by atoms with Crippen LogP contribution in [0.2, 0.25) is 0 Å². The Kier molecular flexibility index (Phi) is 17.8. The monoisotopic (exact) mass is 971 g/mol. The van der Waals surface area contributed by atoms with Gasteiger partial charge >= 0.3 is 11.9 Å². The number of carbonyl (C=O) groups is 7. The number of aliphatic hydroxyl groups excluding tert-OH is 1. The summed E-state index contributed by atoms with van der Waals surface area (Å²) in [5.74, 6) is -3.97. The molecule has 2 aliphatic heterocycles. The number of nitrogens with zero attached hydrogens (tertiary/aromatic N) is 4. The summed E-state index contributed by atoms with van der Waals surface area (Å²) in [5.41, 5.74) is 3.66. The molecule has 17 nitrogen and oxygen atoms in total. The minimum atomic E-state index is -0.891. The summed E-state index contributed by atoms with van der Waals surface area (Å²) in [6, 6.07) is 25.7. The summed E-state index contributed by atoms with van der Waals surface area (Å²) < 4.78 is 6.34. The maximum absolute atomic E-state index is 14.5. The minimum absolute atomic E-state index is 0.0223. The van der Waals surface area contributed by atoms with Gasteiger partial charge in [0.1, 0.15) is 12.1 Å². The van der Waals surface area contributed by atoms with Crippen molar-refractivity contribution in [2.45, 2.75) is 115 Å². The number of fused-ring (bicyclic) bond motifs is 1. The van der Waals surface area contributed by atoms with E-state index in [1.54, 1.807) is 6.20 Å². The van der Waals surface area contributed by atoms with E-state index in [1.807, 2.05) is 93.7 Å². The van der Waals surface area contributed by atoms with Crippen LogP contribution in [-0.4, -0.2) is 123 Å². The van der Waals surface area contributed by atoms with Gasteiger partial charge in [-0.05, 0) is 99.0 Å². The van der Waals surface area contributed by atoms with Gasteiger partial charge in [-0.3, -0.25) is 43.6 Å². The summed E-state index contributed by atoms with van der Waals surface area (Å²) in [4.78, 5) is 105. The van der Waals surface area contributed by atoms with Crippen LogP contribution in [0.25, 0.3) is 0 Å². The van der Waals surface area contributed by atoms with Crippen molar-refractivity contribution in [2.24, 2.45) is 5.92 Å². The number of ether oxygens (including phenoxy) is 1. The number of benzene rings is 3. The number of esters is 1. The topological polar surface area (TPSA) is 217 Å². The van der Waals surface area contributed by atoms with Crippen molar-refractivity contribution in [1.29, 1.82) is 0 Å². The predicted molar refractivity (Wildman–Crippen MR) is 262 cm³/mol. The molecule has 71 heavy (non-hydrogen) atoms. The van der Waals surface area contributed by atoms with E-state index < -0.39 is 59.5 Å². The number of amides is 5. The predicted octanol–water partition coefficient (Wildman–Crippen LogP) is 4.63. The highest BCUT2D eigenvalue weighted by Gasteiger charge is 2.39. The molecule has 1 aliphatic carbocycles. The SMILES string of the molecule is CC(C)(C)NC(=O)[C@@H]1CN(Cc2cccnc2)CCN1C[C@H](C[C@H](Cc1ccccc1)C(=O)N[C@H]1c2ccccc2C[C@H]1O)OC(=O)CCCCCNC(=O)c1ccc(C(=O)ON2C(=O)CCC2=O)cc1. The van der Waals surface area contributed by atoms with Gasteiger partial charge in [-0.15, -0.1) is 5.06 Å². The Bertz CT molecular complexity index is 2490. The molecular weight excluding hydrogens is 907 g/mol. The average Bonchev–Trinajstić information content (AvgIpc) is 3.84. The number of hydrogen-bond donors (Lipinski definition) is 4. The number of unbranched alkanes of at least 4 members (excludes halogenated alkanes) is 2. The standard InChI is InChI=1S/C54H65N7O10/c1-54(2,3)58-52(68)44-35-59(33-37-15-12-25-55-32-37)27-28-60(44)34-42(30-41(29-36-13-6-4-7-14-36)51(67)57-49-43-17-10-9-16-40(43)31-45(49)62)70-48(65)18-8-5-11-26-56-50(66)38-19-21-39(22-20-38)53(69)71-61-46(63)23-24-47(61)64/h4,6-7,9-10,12-17,19-22,25,32,41-42,44-45,49,62H,5,8,11,18,23-24,26-31,33-35H2,1-3H3,(H,56,66)(H,57,67)(H,58,68)/t41-,42-,44-,45+,49-/m0/s1. The van der Waals surface area contributed by atoms with Crippen LogP contribution in [0.4, 0.5) is 0 Å². The Balaban J connectivity index is 1.00. The minimum Gasteiger partial charge on any atom is -0.461 e. The van der Waals surface area contributed by atoms with E-state index in [2.05, 4.69) is 30.7 Å². The van der Waals surface area contributed by atoms with Crippen molar-refractivity contribution < 1.29 is 48.2 Å². The molecule has 0 unspecified atom stereocenters. The number of imide groups is 1. The van der Waals surface area contributed by atoms with Gasteiger partial charge in [0.05, 0.1) is 17.7 Å². The normalized spacial score (nSPS) is 19.1. The third-order valence-electron chi connectivity index (χ3n) is 12.9. The highest BCUT2D eigenvalue weighted by atomic mass is 16.7. The first-order chi connectivity index (χ1) is 34.1. The Morgan fingerprint density at radius 1 is 0.831 bits per heavy atom. The highest BCUT2D eigenvalue weighted by molar-refractivity contribution is 6.03. The van der Waals surface area contributed by atoms with E-state index in [-0.39, 0.29) is 55.5 Å². The zero-order valence-corrected chi connectivity index (χ0v) is 40.7. The first-order valence-electron chi connectivity index (χ1n) is 24.5. The fraction of sp³-hybridized carbons (Fsp3) is 0.444. The van der Waals surface area contributed by atoms with Crippen LogP contribution >= 0.6 is 0 Å². The number of aliphatic hydroxyl groups is 1. The molecule has 3 aliphatic rings. The van der Waals surface area contributed by atoms with Crippen molar-refractivity contribution in [3.8, 4) is 0 Å². The quantitative estimate of drug-likeness (QED) is 0.0510. The number of piperazine rings is 1. The molecule has 4 N–H and O–H groups in total. The first-order valence-corrected chi connectivity index (χ1v) is 24.5. The molecule has 3 heterocycles. The second-order valence-electron chi connectivity index (χ2n) is 19.6. The maximum atomic E-state index is 14.5. The molecule has 5 amide bonds. The molecule has 0 saturated carbocycles. The smallest absolute Gasteiger partial charge is 0.363 e.